The molecule has 1 atom stereocenters. The molecule has 1 unspecified atom stereocenters. The number of carbonyl (C=O) groups excluding carboxylic acids is 2. The number of para-hydroxylation sites is 2. The highest BCUT2D eigenvalue weighted by molar-refractivity contribution is 7.92. The van der Waals surface area contributed by atoms with Crippen molar-refractivity contribution in [2.75, 3.05) is 24.0 Å². The number of amides is 2. The van der Waals surface area contributed by atoms with E-state index >= 15 is 0 Å². The second kappa shape index (κ2) is 13.5. The lowest BCUT2D eigenvalue weighted by atomic mass is 10.1. The molecule has 3 aromatic rings. The third-order valence-electron chi connectivity index (χ3n) is 6.19. The minimum atomic E-state index is -4.16. The maximum atomic E-state index is 14.0. The first-order valence-electron chi connectivity index (χ1n) is 13.4. The Balaban J connectivity index is 2.02. The van der Waals surface area contributed by atoms with E-state index < -0.39 is 34.1 Å². The van der Waals surface area contributed by atoms with Crippen molar-refractivity contribution in [3.8, 4) is 5.75 Å². The van der Waals surface area contributed by atoms with Crippen LogP contribution in [0.25, 0.3) is 0 Å². The lowest BCUT2D eigenvalue weighted by Gasteiger charge is -2.33. The Labute approximate surface area is 238 Å². The summed E-state index contributed by atoms with van der Waals surface area (Å²) in [4.78, 5) is 28.7. The number of sulfonamides is 1. The molecule has 0 aliphatic rings. The van der Waals surface area contributed by atoms with Gasteiger partial charge < -0.3 is 15.0 Å². The van der Waals surface area contributed by atoms with Crippen LogP contribution in [0.4, 0.5) is 5.69 Å². The number of hydrogen-bond acceptors (Lipinski definition) is 5. The van der Waals surface area contributed by atoms with Crippen LogP contribution < -0.4 is 14.4 Å². The predicted octanol–water partition coefficient (Wildman–Crippen LogP) is 4.66. The van der Waals surface area contributed by atoms with Crippen molar-refractivity contribution in [1.82, 2.24) is 10.2 Å². The lowest BCUT2D eigenvalue weighted by molar-refractivity contribution is -0.139. The first-order chi connectivity index (χ1) is 18.9. The van der Waals surface area contributed by atoms with E-state index in [2.05, 4.69) is 5.32 Å². The highest BCUT2D eigenvalue weighted by Crippen LogP contribution is 2.32. The first kappa shape index (κ1) is 30.7. The molecule has 40 heavy (non-hydrogen) atoms. The van der Waals surface area contributed by atoms with Gasteiger partial charge in [-0.15, -0.1) is 0 Å². The summed E-state index contributed by atoms with van der Waals surface area (Å²) >= 11 is 0. The number of carbonyl (C=O) groups is 2. The summed E-state index contributed by atoms with van der Waals surface area (Å²) in [6.45, 7) is 9.10. The Morgan fingerprint density at radius 2 is 1.48 bits per heavy atom. The number of nitrogens with zero attached hydrogens (tertiary/aromatic N) is 2. The second-order valence-corrected chi connectivity index (χ2v) is 12.3. The first-order valence-corrected chi connectivity index (χ1v) is 14.8. The molecule has 0 radical (unpaired) electrons. The molecule has 0 aromatic heterocycles. The van der Waals surface area contributed by atoms with Gasteiger partial charge in [-0.1, -0.05) is 60.7 Å². The van der Waals surface area contributed by atoms with Gasteiger partial charge in [0.2, 0.25) is 11.8 Å². The molecule has 0 aliphatic heterocycles. The van der Waals surface area contributed by atoms with Crippen molar-refractivity contribution in [2.45, 2.75) is 57.5 Å². The van der Waals surface area contributed by atoms with E-state index in [-0.39, 0.29) is 23.0 Å². The van der Waals surface area contributed by atoms with Gasteiger partial charge in [0.05, 0.1) is 17.2 Å². The number of benzene rings is 3. The highest BCUT2D eigenvalue weighted by atomic mass is 32.2. The smallest absolute Gasteiger partial charge is 0.264 e. The monoisotopic (exact) mass is 565 g/mol. The number of anilines is 1. The van der Waals surface area contributed by atoms with Crippen LogP contribution in [-0.4, -0.2) is 56.4 Å². The van der Waals surface area contributed by atoms with Gasteiger partial charge in [0.15, 0.2) is 0 Å². The van der Waals surface area contributed by atoms with Crippen molar-refractivity contribution in [3.63, 3.8) is 0 Å². The van der Waals surface area contributed by atoms with Crippen LogP contribution in [0.5, 0.6) is 5.75 Å². The largest absolute Gasteiger partial charge is 0.492 e. The second-order valence-electron chi connectivity index (χ2n) is 10.5. The molecule has 3 rings (SSSR count). The van der Waals surface area contributed by atoms with Gasteiger partial charge in [0.1, 0.15) is 18.3 Å². The van der Waals surface area contributed by atoms with E-state index in [1.165, 1.54) is 17.0 Å². The van der Waals surface area contributed by atoms with Gasteiger partial charge in [0.25, 0.3) is 10.0 Å². The fraction of sp³-hybridized carbons (Fsp3) is 0.355. The van der Waals surface area contributed by atoms with Crippen molar-refractivity contribution < 1.29 is 22.7 Å². The van der Waals surface area contributed by atoms with Crippen LogP contribution in [-0.2, 0) is 26.0 Å². The van der Waals surface area contributed by atoms with Gasteiger partial charge in [-0.05, 0) is 70.9 Å². The van der Waals surface area contributed by atoms with E-state index in [1.807, 2.05) is 51.1 Å². The van der Waals surface area contributed by atoms with Gasteiger partial charge in [-0.25, -0.2) is 8.42 Å². The predicted molar refractivity (Wildman–Crippen MR) is 158 cm³/mol. The third-order valence-corrected chi connectivity index (χ3v) is 7.97. The van der Waals surface area contributed by atoms with E-state index in [4.69, 9.17) is 4.74 Å². The average Bonchev–Trinajstić information content (AvgIpc) is 2.92. The SMILES string of the molecule is CCOc1ccccc1N(CC(=O)N(CCc1ccccc1)C(C)C(=O)NC(C)(C)C)S(=O)(=O)c1ccccc1. The standard InChI is InChI=1S/C31H39N3O5S/c1-6-39-28-20-14-13-19-27(28)34(40(37,38)26-17-11-8-12-18-26)23-29(35)33(22-21-25-15-9-7-10-16-25)24(2)30(36)32-31(3,4)5/h7-20,24H,6,21-23H2,1-5H3,(H,32,36). The maximum absolute atomic E-state index is 14.0. The van der Waals surface area contributed by atoms with Crippen molar-refractivity contribution in [3.05, 3.63) is 90.5 Å². The zero-order valence-electron chi connectivity index (χ0n) is 23.8. The van der Waals surface area contributed by atoms with Crippen molar-refractivity contribution in [2.24, 2.45) is 0 Å². The molecule has 214 valence electrons. The Hall–Kier alpha value is -3.85. The Bertz CT molecular complexity index is 1370. The number of nitrogens with one attached hydrogen (secondary N) is 1. The van der Waals surface area contributed by atoms with Crippen molar-refractivity contribution in [1.29, 1.82) is 0 Å². The minimum Gasteiger partial charge on any atom is -0.492 e. The average molecular weight is 566 g/mol. The topological polar surface area (TPSA) is 96.0 Å². The zero-order chi connectivity index (χ0) is 29.3. The summed E-state index contributed by atoms with van der Waals surface area (Å²) in [5.41, 5.74) is 0.744. The molecule has 2 amide bonds. The zero-order valence-corrected chi connectivity index (χ0v) is 24.6. The van der Waals surface area contributed by atoms with Crippen molar-refractivity contribution >= 4 is 27.5 Å². The summed E-state index contributed by atoms with van der Waals surface area (Å²) in [5, 5.41) is 2.93. The Kier molecular flexibility index (Phi) is 10.3. The quantitative estimate of drug-likeness (QED) is 0.345. The van der Waals surface area contributed by atoms with Gasteiger partial charge in [-0.2, -0.15) is 0 Å². The number of hydrogen-bond donors (Lipinski definition) is 1. The summed E-state index contributed by atoms with van der Waals surface area (Å²) in [6.07, 6.45) is 0.501. The van der Waals surface area contributed by atoms with Gasteiger partial charge in [0, 0.05) is 12.1 Å². The van der Waals surface area contributed by atoms with E-state index in [0.717, 1.165) is 9.87 Å². The molecule has 0 bridgehead atoms. The molecule has 0 saturated heterocycles. The van der Waals surface area contributed by atoms with E-state index in [0.29, 0.717) is 18.8 Å². The molecule has 9 heteroatoms. The summed E-state index contributed by atoms with van der Waals surface area (Å²) in [6, 6.07) is 23.5. The maximum Gasteiger partial charge on any atom is 0.264 e. The molecule has 8 nitrogen and oxygen atoms in total. The van der Waals surface area contributed by atoms with E-state index in [9.17, 15) is 18.0 Å². The molecule has 0 spiro atoms. The number of ether oxygens (including phenoxy) is 1. The molecular formula is C31H39N3O5S. The van der Waals surface area contributed by atoms with Crippen LogP contribution in [0.1, 0.15) is 40.2 Å². The molecule has 0 fully saturated rings. The Morgan fingerprint density at radius 3 is 2.08 bits per heavy atom. The summed E-state index contributed by atoms with van der Waals surface area (Å²) in [7, 11) is -4.16. The summed E-state index contributed by atoms with van der Waals surface area (Å²) in [5.74, 6) is -0.481. The number of rotatable bonds is 12. The molecule has 0 saturated carbocycles. The normalized spacial score (nSPS) is 12.3. The minimum absolute atomic E-state index is 0.0449. The molecule has 3 aromatic carbocycles. The van der Waals surface area contributed by atoms with Crippen LogP contribution >= 0.6 is 0 Å². The van der Waals surface area contributed by atoms with Crippen LogP contribution in [0.15, 0.2) is 89.8 Å². The highest BCUT2D eigenvalue weighted by Gasteiger charge is 2.34. The third kappa shape index (κ3) is 8.08. The molecule has 1 N–H and O–H groups in total. The van der Waals surface area contributed by atoms with Crippen LogP contribution in [0.3, 0.4) is 0 Å². The molecular weight excluding hydrogens is 526 g/mol. The van der Waals surface area contributed by atoms with Gasteiger partial charge >= 0.3 is 0 Å². The van der Waals surface area contributed by atoms with Gasteiger partial charge in [-0.3, -0.25) is 13.9 Å². The lowest BCUT2D eigenvalue weighted by Crippen LogP contribution is -2.55. The fourth-order valence-corrected chi connectivity index (χ4v) is 5.66. The Morgan fingerprint density at radius 1 is 0.900 bits per heavy atom. The van der Waals surface area contributed by atoms with E-state index in [1.54, 1.807) is 56.3 Å². The summed E-state index contributed by atoms with van der Waals surface area (Å²) < 4.78 is 34.7. The fourth-order valence-electron chi connectivity index (χ4n) is 4.22. The molecule has 0 aliphatic carbocycles. The van der Waals surface area contributed by atoms with Crippen LogP contribution in [0, 0.1) is 0 Å². The molecule has 0 heterocycles. The van der Waals surface area contributed by atoms with Crippen LogP contribution in [0.2, 0.25) is 0 Å².